The first kappa shape index (κ1) is 25.9. The third kappa shape index (κ3) is 5.32. The van der Waals surface area contributed by atoms with E-state index in [4.69, 9.17) is 0 Å². The summed E-state index contributed by atoms with van der Waals surface area (Å²) in [7, 11) is 1.61. The number of anilines is 1. The Kier molecular flexibility index (Phi) is 7.26. The number of halogens is 4. The Balaban J connectivity index is 1.57. The second kappa shape index (κ2) is 10.1. The number of piperidine rings is 1. The molecular weight excluding hydrogens is 541 g/mol. The summed E-state index contributed by atoms with van der Waals surface area (Å²) >= 11 is 3.31. The monoisotopic (exact) mass is 566 g/mol. The van der Waals surface area contributed by atoms with Crippen LogP contribution in [0.5, 0.6) is 0 Å². The van der Waals surface area contributed by atoms with Gasteiger partial charge in [-0.05, 0) is 56.9 Å². The summed E-state index contributed by atoms with van der Waals surface area (Å²) in [5.41, 5.74) is 0.572. The standard InChI is InChI=1S/C24H26BrF3N6O2/c1-13-21(14(2)34(32-13)12-15-6-8-33(9-7-15)23(36)29-3)31-22(35)18-11-20(24(26,27)28)30-19-5-4-16(25)10-17(18)19/h4-5,10-11,15H,6-9,12H2,1-3H3,(H,29,36)(H,31,35). The normalized spacial score (nSPS) is 14.8. The van der Waals surface area contributed by atoms with Crippen LogP contribution in [0, 0.1) is 19.8 Å². The number of nitrogens with one attached hydrogen (secondary N) is 2. The molecule has 0 bridgehead atoms. The van der Waals surface area contributed by atoms with Gasteiger partial charge in [-0.25, -0.2) is 9.78 Å². The Labute approximate surface area is 214 Å². The van der Waals surface area contributed by atoms with Crippen LogP contribution in [0.1, 0.15) is 40.3 Å². The number of carbonyl (C=O) groups is 2. The highest BCUT2D eigenvalue weighted by Crippen LogP contribution is 2.33. The molecule has 1 saturated heterocycles. The molecule has 1 fully saturated rings. The van der Waals surface area contributed by atoms with Gasteiger partial charge in [0.2, 0.25) is 0 Å². The third-order valence-corrected chi connectivity index (χ3v) is 6.97. The number of urea groups is 1. The Bertz CT molecular complexity index is 1320. The van der Waals surface area contributed by atoms with Gasteiger partial charge in [0, 0.05) is 36.5 Å². The fraction of sp³-hybridized carbons (Fsp3) is 0.417. The molecule has 0 radical (unpaired) electrons. The molecule has 0 spiro atoms. The average molecular weight is 567 g/mol. The quantitative estimate of drug-likeness (QED) is 0.457. The smallest absolute Gasteiger partial charge is 0.341 e. The number of hydrogen-bond donors (Lipinski definition) is 2. The topological polar surface area (TPSA) is 92.2 Å². The molecule has 2 aromatic heterocycles. The SMILES string of the molecule is CNC(=O)N1CCC(Cn2nc(C)c(NC(=O)c3cc(C(F)(F)F)nc4ccc(Br)cc34)c2C)CC1. The first-order chi connectivity index (χ1) is 17.0. The number of pyridine rings is 1. The Morgan fingerprint density at radius 3 is 2.50 bits per heavy atom. The van der Waals surface area contributed by atoms with Crippen LogP contribution in [-0.2, 0) is 12.7 Å². The van der Waals surface area contributed by atoms with Gasteiger partial charge in [0.05, 0.1) is 28.2 Å². The maximum absolute atomic E-state index is 13.5. The molecular formula is C24H26BrF3N6O2. The van der Waals surface area contributed by atoms with Crippen molar-refractivity contribution in [2.75, 3.05) is 25.5 Å². The fourth-order valence-electron chi connectivity index (χ4n) is 4.49. The van der Waals surface area contributed by atoms with Crippen molar-refractivity contribution in [2.24, 2.45) is 5.92 Å². The number of rotatable bonds is 4. The average Bonchev–Trinajstić information content (AvgIpc) is 3.09. The number of nitrogens with zero attached hydrogens (tertiary/aromatic N) is 4. The van der Waals surface area contributed by atoms with Crippen LogP contribution < -0.4 is 10.6 Å². The largest absolute Gasteiger partial charge is 0.433 e. The van der Waals surface area contributed by atoms with Crippen molar-refractivity contribution < 1.29 is 22.8 Å². The Hall–Kier alpha value is -3.15. The predicted molar refractivity (Wildman–Crippen MR) is 133 cm³/mol. The molecule has 0 aliphatic carbocycles. The second-order valence-electron chi connectivity index (χ2n) is 8.88. The fourth-order valence-corrected chi connectivity index (χ4v) is 4.85. The highest BCUT2D eigenvalue weighted by Gasteiger charge is 2.34. The first-order valence-electron chi connectivity index (χ1n) is 11.5. The highest BCUT2D eigenvalue weighted by atomic mass is 79.9. The van der Waals surface area contributed by atoms with Gasteiger partial charge >= 0.3 is 12.2 Å². The van der Waals surface area contributed by atoms with E-state index in [9.17, 15) is 22.8 Å². The third-order valence-electron chi connectivity index (χ3n) is 6.47. The zero-order chi connectivity index (χ0) is 26.2. The van der Waals surface area contributed by atoms with E-state index in [1.807, 2.05) is 11.6 Å². The molecule has 1 aliphatic heterocycles. The second-order valence-corrected chi connectivity index (χ2v) is 9.80. The lowest BCUT2D eigenvalue weighted by Gasteiger charge is -2.31. The van der Waals surface area contributed by atoms with Crippen molar-refractivity contribution in [3.05, 3.63) is 51.4 Å². The maximum atomic E-state index is 13.5. The molecule has 0 unspecified atom stereocenters. The van der Waals surface area contributed by atoms with Crippen molar-refractivity contribution in [3.63, 3.8) is 0 Å². The van der Waals surface area contributed by atoms with Crippen LogP contribution in [0.3, 0.4) is 0 Å². The van der Waals surface area contributed by atoms with Crippen LogP contribution in [0.25, 0.3) is 10.9 Å². The van der Waals surface area contributed by atoms with E-state index in [1.54, 1.807) is 31.0 Å². The summed E-state index contributed by atoms with van der Waals surface area (Å²) in [4.78, 5) is 30.5. The van der Waals surface area contributed by atoms with E-state index >= 15 is 0 Å². The maximum Gasteiger partial charge on any atom is 0.433 e. The molecule has 4 rings (SSSR count). The molecule has 8 nitrogen and oxygen atoms in total. The Morgan fingerprint density at radius 2 is 1.86 bits per heavy atom. The van der Waals surface area contributed by atoms with Crippen molar-refractivity contribution in [2.45, 2.75) is 39.4 Å². The van der Waals surface area contributed by atoms with E-state index in [0.717, 1.165) is 18.9 Å². The number of fused-ring (bicyclic) bond motifs is 1. The van der Waals surface area contributed by atoms with Crippen LogP contribution in [0.4, 0.5) is 23.7 Å². The molecule has 1 aliphatic rings. The lowest BCUT2D eigenvalue weighted by atomic mass is 9.97. The number of amides is 3. The number of carbonyl (C=O) groups excluding carboxylic acids is 2. The van der Waals surface area contributed by atoms with E-state index in [1.165, 1.54) is 6.07 Å². The molecule has 3 heterocycles. The summed E-state index contributed by atoms with van der Waals surface area (Å²) < 4.78 is 42.8. The number of benzene rings is 1. The van der Waals surface area contributed by atoms with E-state index in [0.29, 0.717) is 52.5 Å². The van der Waals surface area contributed by atoms with Gasteiger partial charge in [-0.3, -0.25) is 9.48 Å². The molecule has 3 aromatic rings. The summed E-state index contributed by atoms with van der Waals surface area (Å²) in [5, 5.41) is 10.3. The van der Waals surface area contributed by atoms with Gasteiger partial charge in [-0.15, -0.1) is 0 Å². The summed E-state index contributed by atoms with van der Waals surface area (Å²) in [6, 6.07) is 5.28. The van der Waals surface area contributed by atoms with Gasteiger partial charge in [0.15, 0.2) is 0 Å². The van der Waals surface area contributed by atoms with Gasteiger partial charge in [-0.2, -0.15) is 18.3 Å². The molecule has 192 valence electrons. The van der Waals surface area contributed by atoms with Crippen LogP contribution in [0.15, 0.2) is 28.7 Å². The minimum atomic E-state index is -4.69. The van der Waals surface area contributed by atoms with Gasteiger partial charge in [-0.1, -0.05) is 15.9 Å². The molecule has 0 saturated carbocycles. The van der Waals surface area contributed by atoms with Gasteiger partial charge in [0.25, 0.3) is 5.91 Å². The predicted octanol–water partition coefficient (Wildman–Crippen LogP) is 5.13. The Morgan fingerprint density at radius 1 is 1.17 bits per heavy atom. The molecule has 3 amide bonds. The summed E-state index contributed by atoms with van der Waals surface area (Å²) in [6.45, 7) is 5.49. The molecule has 12 heteroatoms. The number of alkyl halides is 3. The number of aromatic nitrogens is 3. The molecule has 0 atom stereocenters. The van der Waals surface area contributed by atoms with E-state index in [-0.39, 0.29) is 17.1 Å². The van der Waals surface area contributed by atoms with Crippen molar-refractivity contribution in [1.29, 1.82) is 0 Å². The highest BCUT2D eigenvalue weighted by molar-refractivity contribution is 9.10. The summed E-state index contributed by atoms with van der Waals surface area (Å²) in [5.74, 6) is -0.362. The molecule has 1 aromatic carbocycles. The van der Waals surface area contributed by atoms with Crippen molar-refractivity contribution >= 4 is 44.5 Å². The number of aryl methyl sites for hydroxylation is 1. The van der Waals surface area contributed by atoms with Crippen molar-refractivity contribution in [1.82, 2.24) is 25.0 Å². The van der Waals surface area contributed by atoms with Crippen LogP contribution >= 0.6 is 15.9 Å². The van der Waals surface area contributed by atoms with Crippen LogP contribution in [-0.4, -0.2) is 51.7 Å². The number of hydrogen-bond acceptors (Lipinski definition) is 4. The van der Waals surface area contributed by atoms with Crippen molar-refractivity contribution in [3.8, 4) is 0 Å². The summed E-state index contributed by atoms with van der Waals surface area (Å²) in [6.07, 6.45) is -3.04. The molecule has 36 heavy (non-hydrogen) atoms. The van der Waals surface area contributed by atoms with E-state index in [2.05, 4.69) is 36.6 Å². The van der Waals surface area contributed by atoms with E-state index < -0.39 is 17.8 Å². The first-order valence-corrected chi connectivity index (χ1v) is 12.3. The van der Waals surface area contributed by atoms with Gasteiger partial charge < -0.3 is 15.5 Å². The lowest BCUT2D eigenvalue weighted by molar-refractivity contribution is -0.140. The van der Waals surface area contributed by atoms with Crippen LogP contribution in [0.2, 0.25) is 0 Å². The lowest BCUT2D eigenvalue weighted by Crippen LogP contribution is -2.43. The molecule has 2 N–H and O–H groups in total. The minimum Gasteiger partial charge on any atom is -0.341 e. The minimum absolute atomic E-state index is 0.0745. The van der Waals surface area contributed by atoms with Gasteiger partial charge in [0.1, 0.15) is 5.69 Å². The zero-order valence-corrected chi connectivity index (χ0v) is 21.6. The zero-order valence-electron chi connectivity index (χ0n) is 20.0. The number of likely N-dealkylation sites (tertiary alicyclic amines) is 1.